The molecule has 4 rings (SSSR count). The number of benzene rings is 3. The van der Waals surface area contributed by atoms with Crippen LogP contribution in [0.15, 0.2) is 71.6 Å². The zero-order valence-corrected chi connectivity index (χ0v) is 26.1. The van der Waals surface area contributed by atoms with Crippen molar-refractivity contribution in [1.82, 2.24) is 9.88 Å². The van der Waals surface area contributed by atoms with Gasteiger partial charge in [0.1, 0.15) is 0 Å². The molecule has 1 aromatic heterocycles. The third-order valence-corrected chi connectivity index (χ3v) is 9.79. The molecule has 0 radical (unpaired) electrons. The van der Waals surface area contributed by atoms with Crippen LogP contribution >= 0.6 is 23.7 Å². The van der Waals surface area contributed by atoms with E-state index in [9.17, 15) is 13.2 Å². The standard InChI is InChI=1S/C30H36N4O3S2.ClH/c1-6-32(7-2)18-19-33(30-31-28-23(5)20-22(4)21-27(28)38-30)29(35)24-14-16-26(17-15-24)39(36,37)34(8-3)25-12-10-9-11-13-25;/h9-17,20-21H,6-8,18-19H2,1-5H3;1H. The smallest absolute Gasteiger partial charge is 0.264 e. The van der Waals surface area contributed by atoms with Crippen LogP contribution in [0.25, 0.3) is 10.2 Å². The number of halogens is 1. The first kappa shape index (κ1) is 31.5. The highest BCUT2D eigenvalue weighted by molar-refractivity contribution is 7.92. The number of likely N-dealkylation sites (N-methyl/N-ethyl adjacent to an activating group) is 1. The summed E-state index contributed by atoms with van der Waals surface area (Å²) in [5.74, 6) is -0.199. The van der Waals surface area contributed by atoms with Crippen molar-refractivity contribution >= 4 is 60.7 Å². The zero-order valence-electron chi connectivity index (χ0n) is 23.6. The molecule has 40 heavy (non-hydrogen) atoms. The Hall–Kier alpha value is -2.98. The molecule has 0 unspecified atom stereocenters. The number of carbonyl (C=O) groups is 1. The maximum Gasteiger partial charge on any atom is 0.264 e. The highest BCUT2D eigenvalue weighted by Gasteiger charge is 2.26. The van der Waals surface area contributed by atoms with Gasteiger partial charge in [0.25, 0.3) is 15.9 Å². The summed E-state index contributed by atoms with van der Waals surface area (Å²) < 4.78 is 29.3. The molecule has 1 heterocycles. The Morgan fingerprint density at radius 1 is 0.875 bits per heavy atom. The van der Waals surface area contributed by atoms with Crippen molar-refractivity contribution in [3.05, 3.63) is 83.4 Å². The van der Waals surface area contributed by atoms with E-state index in [-0.39, 0.29) is 23.2 Å². The Balaban J connectivity index is 0.00000441. The molecule has 214 valence electrons. The van der Waals surface area contributed by atoms with Crippen molar-refractivity contribution < 1.29 is 13.2 Å². The molecule has 7 nitrogen and oxygen atoms in total. The molecule has 0 aliphatic rings. The number of amides is 1. The number of nitrogens with zero attached hydrogens (tertiary/aromatic N) is 4. The van der Waals surface area contributed by atoms with Gasteiger partial charge in [-0.1, -0.05) is 49.4 Å². The topological polar surface area (TPSA) is 73.8 Å². The Bertz CT molecular complexity index is 1540. The van der Waals surface area contributed by atoms with Gasteiger partial charge >= 0.3 is 0 Å². The van der Waals surface area contributed by atoms with E-state index in [1.165, 1.54) is 27.8 Å². The van der Waals surface area contributed by atoms with Gasteiger partial charge in [0.2, 0.25) is 0 Å². The molecule has 0 N–H and O–H groups in total. The first-order valence-corrected chi connectivity index (χ1v) is 15.5. The fourth-order valence-electron chi connectivity index (χ4n) is 4.68. The van der Waals surface area contributed by atoms with Crippen LogP contribution in [0.3, 0.4) is 0 Å². The third-order valence-electron chi connectivity index (χ3n) is 6.85. The predicted molar refractivity (Wildman–Crippen MR) is 169 cm³/mol. The van der Waals surface area contributed by atoms with Crippen LogP contribution in [0.5, 0.6) is 0 Å². The van der Waals surface area contributed by atoms with Gasteiger partial charge < -0.3 is 4.90 Å². The number of aryl methyl sites for hydroxylation is 2. The van der Waals surface area contributed by atoms with Gasteiger partial charge in [-0.05, 0) is 87.5 Å². The molecular formula is C30H37ClN4O3S2. The van der Waals surface area contributed by atoms with Gasteiger partial charge in [-0.2, -0.15) is 0 Å². The Morgan fingerprint density at radius 3 is 2.12 bits per heavy atom. The largest absolute Gasteiger partial charge is 0.302 e. The van der Waals surface area contributed by atoms with Crippen molar-refractivity contribution in [2.45, 2.75) is 39.5 Å². The highest BCUT2D eigenvalue weighted by atomic mass is 35.5. The van der Waals surface area contributed by atoms with E-state index in [4.69, 9.17) is 4.98 Å². The molecule has 10 heteroatoms. The molecule has 0 aliphatic heterocycles. The summed E-state index contributed by atoms with van der Waals surface area (Å²) in [5.41, 5.74) is 4.16. The van der Waals surface area contributed by atoms with Crippen molar-refractivity contribution in [2.75, 3.05) is 41.9 Å². The molecule has 4 aromatic rings. The second-order valence-corrected chi connectivity index (χ2v) is 12.3. The van der Waals surface area contributed by atoms with Crippen molar-refractivity contribution in [3.8, 4) is 0 Å². The van der Waals surface area contributed by atoms with Crippen LogP contribution in [0.2, 0.25) is 0 Å². The number of anilines is 2. The number of hydrogen-bond donors (Lipinski definition) is 0. The van der Waals surface area contributed by atoms with E-state index >= 15 is 0 Å². The van der Waals surface area contributed by atoms with Gasteiger partial charge in [0, 0.05) is 25.2 Å². The van der Waals surface area contributed by atoms with Crippen molar-refractivity contribution in [2.24, 2.45) is 0 Å². The van der Waals surface area contributed by atoms with E-state index in [0.29, 0.717) is 36.0 Å². The Morgan fingerprint density at radius 2 is 1.52 bits per heavy atom. The molecule has 3 aromatic carbocycles. The lowest BCUT2D eigenvalue weighted by Gasteiger charge is -2.25. The van der Waals surface area contributed by atoms with Gasteiger partial charge in [-0.15, -0.1) is 12.4 Å². The lowest BCUT2D eigenvalue weighted by molar-refractivity contribution is 0.0983. The number of carbonyl (C=O) groups excluding carboxylic acids is 1. The van der Waals surface area contributed by atoms with Crippen LogP contribution in [0.4, 0.5) is 10.8 Å². The fourth-order valence-corrected chi connectivity index (χ4v) is 7.32. The molecule has 1 amide bonds. The van der Waals surface area contributed by atoms with Crippen molar-refractivity contribution in [1.29, 1.82) is 0 Å². The second kappa shape index (κ2) is 13.6. The van der Waals surface area contributed by atoms with E-state index < -0.39 is 10.0 Å². The van der Waals surface area contributed by atoms with Gasteiger partial charge in [0.15, 0.2) is 5.13 Å². The Labute approximate surface area is 247 Å². The minimum Gasteiger partial charge on any atom is -0.302 e. The quantitative estimate of drug-likeness (QED) is 0.195. The first-order valence-electron chi connectivity index (χ1n) is 13.3. The number of para-hydroxylation sites is 1. The van der Waals surface area contributed by atoms with E-state index in [0.717, 1.165) is 34.4 Å². The SMILES string of the molecule is CCN(CC)CCN(C(=O)c1ccc(S(=O)(=O)N(CC)c2ccccc2)cc1)c1nc2c(C)cc(C)cc2s1.Cl. The van der Waals surface area contributed by atoms with Crippen LogP contribution in [-0.4, -0.2) is 56.9 Å². The molecule has 0 aliphatic carbocycles. The average Bonchev–Trinajstić information content (AvgIpc) is 3.36. The predicted octanol–water partition coefficient (Wildman–Crippen LogP) is 6.54. The average molecular weight is 601 g/mol. The lowest BCUT2D eigenvalue weighted by Crippen LogP contribution is -2.39. The zero-order chi connectivity index (χ0) is 28.2. The summed E-state index contributed by atoms with van der Waals surface area (Å²) in [4.78, 5) is 22.8. The number of sulfonamides is 1. The fraction of sp³-hybridized carbons (Fsp3) is 0.333. The maximum absolute atomic E-state index is 13.8. The number of thiazole rings is 1. The number of fused-ring (bicyclic) bond motifs is 1. The van der Waals surface area contributed by atoms with Crippen LogP contribution in [-0.2, 0) is 10.0 Å². The summed E-state index contributed by atoms with van der Waals surface area (Å²) in [6.45, 7) is 13.4. The van der Waals surface area contributed by atoms with Crippen LogP contribution < -0.4 is 9.21 Å². The molecule has 0 spiro atoms. The minimum atomic E-state index is -3.78. The third kappa shape index (κ3) is 6.66. The normalized spacial score (nSPS) is 11.4. The first-order chi connectivity index (χ1) is 18.7. The minimum absolute atomic E-state index is 0. The highest BCUT2D eigenvalue weighted by Crippen LogP contribution is 2.33. The van der Waals surface area contributed by atoms with E-state index in [1.54, 1.807) is 36.1 Å². The van der Waals surface area contributed by atoms with E-state index in [2.05, 4.69) is 37.8 Å². The van der Waals surface area contributed by atoms with Gasteiger partial charge in [-0.3, -0.25) is 14.0 Å². The molecule has 0 saturated carbocycles. The summed E-state index contributed by atoms with van der Waals surface area (Å²) in [7, 11) is -3.78. The lowest BCUT2D eigenvalue weighted by atomic mass is 10.1. The molecular weight excluding hydrogens is 564 g/mol. The molecule has 0 atom stereocenters. The van der Waals surface area contributed by atoms with Gasteiger partial charge in [0.05, 0.1) is 20.8 Å². The summed E-state index contributed by atoms with van der Waals surface area (Å²) in [5, 5.41) is 0.647. The van der Waals surface area contributed by atoms with E-state index in [1.807, 2.05) is 25.1 Å². The molecule has 0 fully saturated rings. The monoisotopic (exact) mass is 600 g/mol. The summed E-state index contributed by atoms with van der Waals surface area (Å²) in [6.07, 6.45) is 0. The Kier molecular flexibility index (Phi) is 10.7. The molecule has 0 bridgehead atoms. The molecule has 0 saturated heterocycles. The number of rotatable bonds is 11. The van der Waals surface area contributed by atoms with Crippen LogP contribution in [0, 0.1) is 13.8 Å². The van der Waals surface area contributed by atoms with Gasteiger partial charge in [-0.25, -0.2) is 13.4 Å². The van der Waals surface area contributed by atoms with Crippen molar-refractivity contribution in [3.63, 3.8) is 0 Å². The summed E-state index contributed by atoms with van der Waals surface area (Å²) in [6, 6.07) is 19.4. The number of hydrogen-bond acceptors (Lipinski definition) is 6. The van der Waals surface area contributed by atoms with Crippen LogP contribution in [0.1, 0.15) is 42.3 Å². The maximum atomic E-state index is 13.8. The second-order valence-electron chi connectivity index (χ2n) is 9.44. The summed E-state index contributed by atoms with van der Waals surface area (Å²) >= 11 is 1.51. The number of aromatic nitrogens is 1.